The average molecular weight is 455 g/mol. The van der Waals surface area contributed by atoms with Crippen LogP contribution in [0.15, 0.2) is 59.7 Å². The molecule has 0 unspecified atom stereocenters. The van der Waals surface area contributed by atoms with Gasteiger partial charge in [-0.1, -0.05) is 62.6 Å². The van der Waals surface area contributed by atoms with Crippen LogP contribution in [-0.2, 0) is 0 Å². The van der Waals surface area contributed by atoms with Crippen LogP contribution in [0.1, 0.15) is 69.1 Å². The molecule has 1 aliphatic heterocycles. The second-order valence-electron chi connectivity index (χ2n) is 9.12. The monoisotopic (exact) mass is 454 g/mol. The lowest BCUT2D eigenvalue weighted by Crippen LogP contribution is -2.41. The Labute approximate surface area is 202 Å². The number of hydrogen-bond acceptors (Lipinski definition) is 5. The fourth-order valence-electron chi connectivity index (χ4n) is 4.43. The molecule has 0 bridgehead atoms. The minimum Gasteiger partial charge on any atom is -0.390 e. The van der Waals surface area contributed by atoms with E-state index >= 15 is 0 Å². The fraction of sp³-hybridized carbons (Fsp3) is 0.357. The van der Waals surface area contributed by atoms with Gasteiger partial charge in [0.15, 0.2) is 0 Å². The number of benzene rings is 2. The van der Waals surface area contributed by atoms with Crippen molar-refractivity contribution in [2.75, 3.05) is 11.4 Å². The Morgan fingerprint density at radius 3 is 2.53 bits per heavy atom. The number of fused-ring (bicyclic) bond motifs is 1. The van der Waals surface area contributed by atoms with Gasteiger partial charge in [-0.15, -0.1) is 0 Å². The highest BCUT2D eigenvalue weighted by Crippen LogP contribution is 2.46. The maximum Gasteiger partial charge on any atom is 0.134 e. The molecule has 1 spiro atoms. The van der Waals surface area contributed by atoms with Gasteiger partial charge in [0.05, 0.1) is 11.4 Å². The number of nitrogens with one attached hydrogen (secondary N) is 4. The SMILES string of the molecule is CCCCCCN/C=C(\C=N)c1ccc2c(c1)C(c1ccccc1)=NC1(CC1)C(=N)N2C(C)=N. The van der Waals surface area contributed by atoms with Crippen molar-refractivity contribution >= 4 is 34.9 Å². The fourth-order valence-corrected chi connectivity index (χ4v) is 4.43. The molecule has 0 aromatic heterocycles. The van der Waals surface area contributed by atoms with E-state index in [9.17, 15) is 0 Å². The predicted molar refractivity (Wildman–Crippen MR) is 143 cm³/mol. The lowest BCUT2D eigenvalue weighted by Gasteiger charge is -2.26. The summed E-state index contributed by atoms with van der Waals surface area (Å²) in [5.74, 6) is 0.683. The van der Waals surface area contributed by atoms with Crippen molar-refractivity contribution < 1.29 is 0 Å². The molecular formula is C28H34N6. The molecule has 34 heavy (non-hydrogen) atoms. The van der Waals surface area contributed by atoms with Gasteiger partial charge in [0.25, 0.3) is 0 Å². The van der Waals surface area contributed by atoms with E-state index < -0.39 is 5.54 Å². The third kappa shape index (κ3) is 4.72. The van der Waals surface area contributed by atoms with Crippen LogP contribution in [0.3, 0.4) is 0 Å². The molecule has 0 atom stereocenters. The van der Waals surface area contributed by atoms with E-state index in [0.29, 0.717) is 11.7 Å². The van der Waals surface area contributed by atoms with Crippen molar-refractivity contribution in [2.24, 2.45) is 4.99 Å². The first-order valence-electron chi connectivity index (χ1n) is 12.2. The van der Waals surface area contributed by atoms with Gasteiger partial charge in [-0.25, -0.2) is 0 Å². The number of hydrogen-bond donors (Lipinski definition) is 4. The maximum atomic E-state index is 8.92. The third-order valence-electron chi connectivity index (χ3n) is 6.51. The summed E-state index contributed by atoms with van der Waals surface area (Å²) in [6.07, 6.45) is 9.71. The molecule has 1 saturated carbocycles. The van der Waals surface area contributed by atoms with Crippen LogP contribution in [0.4, 0.5) is 5.69 Å². The Morgan fingerprint density at radius 1 is 1.12 bits per heavy atom. The van der Waals surface area contributed by atoms with Gasteiger partial charge in [0, 0.05) is 35.7 Å². The molecule has 6 nitrogen and oxygen atoms in total. The zero-order valence-electron chi connectivity index (χ0n) is 20.1. The molecule has 0 radical (unpaired) electrons. The molecule has 1 heterocycles. The molecule has 2 aromatic carbocycles. The van der Waals surface area contributed by atoms with Gasteiger partial charge in [-0.05, 0) is 43.9 Å². The largest absolute Gasteiger partial charge is 0.390 e. The lowest BCUT2D eigenvalue weighted by molar-refractivity contribution is 0.646. The Bertz CT molecular complexity index is 1140. The minimum atomic E-state index is -0.563. The summed E-state index contributed by atoms with van der Waals surface area (Å²) in [4.78, 5) is 6.86. The molecule has 2 aliphatic rings. The molecule has 6 heteroatoms. The van der Waals surface area contributed by atoms with Gasteiger partial charge in [0.1, 0.15) is 17.2 Å². The number of allylic oxidation sites excluding steroid dienone is 1. The number of unbranched alkanes of at least 4 members (excludes halogenated alkanes) is 3. The molecule has 2 aromatic rings. The van der Waals surface area contributed by atoms with E-state index in [1.165, 1.54) is 25.5 Å². The van der Waals surface area contributed by atoms with Crippen molar-refractivity contribution in [3.05, 3.63) is 71.4 Å². The zero-order valence-corrected chi connectivity index (χ0v) is 20.1. The summed E-state index contributed by atoms with van der Waals surface area (Å²) < 4.78 is 0. The Balaban J connectivity index is 1.77. The second kappa shape index (κ2) is 10.2. The van der Waals surface area contributed by atoms with E-state index in [0.717, 1.165) is 59.5 Å². The first kappa shape index (κ1) is 23.6. The highest BCUT2D eigenvalue weighted by atomic mass is 15.3. The third-order valence-corrected chi connectivity index (χ3v) is 6.51. The first-order chi connectivity index (χ1) is 16.5. The topological polar surface area (TPSA) is 99.2 Å². The average Bonchev–Trinajstić information content (AvgIpc) is 3.65. The number of rotatable bonds is 9. The van der Waals surface area contributed by atoms with Crippen LogP contribution < -0.4 is 10.2 Å². The Morgan fingerprint density at radius 2 is 1.88 bits per heavy atom. The van der Waals surface area contributed by atoms with Crippen molar-refractivity contribution in [3.8, 4) is 0 Å². The molecule has 176 valence electrons. The number of amidine groups is 2. The molecule has 0 amide bonds. The quantitative estimate of drug-likeness (QED) is 0.212. The Kier molecular flexibility index (Phi) is 7.06. The first-order valence-corrected chi connectivity index (χ1v) is 12.2. The predicted octanol–water partition coefficient (Wildman–Crippen LogP) is 6.01. The normalized spacial score (nSPS) is 16.5. The lowest BCUT2D eigenvalue weighted by atomic mass is 9.95. The van der Waals surface area contributed by atoms with Gasteiger partial charge in [-0.2, -0.15) is 0 Å². The van der Waals surface area contributed by atoms with Crippen LogP contribution in [-0.4, -0.2) is 35.7 Å². The van der Waals surface area contributed by atoms with Crippen LogP contribution in [0.2, 0.25) is 0 Å². The molecule has 4 N–H and O–H groups in total. The summed E-state index contributed by atoms with van der Waals surface area (Å²) in [5, 5.41) is 28.7. The van der Waals surface area contributed by atoms with Gasteiger partial charge < -0.3 is 10.7 Å². The number of nitrogens with zero attached hydrogens (tertiary/aromatic N) is 2. The molecule has 1 fully saturated rings. The van der Waals surface area contributed by atoms with Gasteiger partial charge in [-0.3, -0.25) is 20.7 Å². The zero-order chi connectivity index (χ0) is 24.1. The van der Waals surface area contributed by atoms with E-state index in [1.807, 2.05) is 48.7 Å². The number of aliphatic imine (C=N–C) groups is 1. The van der Waals surface area contributed by atoms with E-state index in [-0.39, 0.29) is 0 Å². The van der Waals surface area contributed by atoms with E-state index in [1.54, 1.807) is 11.8 Å². The van der Waals surface area contributed by atoms with Crippen LogP contribution in [0.25, 0.3) is 5.57 Å². The molecule has 1 aliphatic carbocycles. The van der Waals surface area contributed by atoms with Crippen molar-refractivity contribution in [2.45, 2.75) is 57.9 Å². The smallest absolute Gasteiger partial charge is 0.134 e. The minimum absolute atomic E-state index is 0.311. The highest BCUT2D eigenvalue weighted by Gasteiger charge is 2.52. The van der Waals surface area contributed by atoms with Crippen LogP contribution in [0, 0.1) is 16.2 Å². The summed E-state index contributed by atoms with van der Waals surface area (Å²) in [6, 6.07) is 16.1. The molecular weight excluding hydrogens is 420 g/mol. The maximum absolute atomic E-state index is 8.92. The Hall–Kier alpha value is -3.54. The summed E-state index contributed by atoms with van der Waals surface area (Å²) >= 11 is 0. The summed E-state index contributed by atoms with van der Waals surface area (Å²) in [7, 11) is 0. The molecule has 0 saturated heterocycles. The highest BCUT2D eigenvalue weighted by molar-refractivity contribution is 6.28. The van der Waals surface area contributed by atoms with Gasteiger partial charge >= 0.3 is 0 Å². The van der Waals surface area contributed by atoms with Crippen LogP contribution >= 0.6 is 0 Å². The van der Waals surface area contributed by atoms with Crippen molar-refractivity contribution in [1.82, 2.24) is 5.32 Å². The van der Waals surface area contributed by atoms with Crippen molar-refractivity contribution in [1.29, 1.82) is 16.2 Å². The van der Waals surface area contributed by atoms with Gasteiger partial charge in [0.2, 0.25) is 0 Å². The number of anilines is 1. The van der Waals surface area contributed by atoms with E-state index in [2.05, 4.69) is 18.3 Å². The van der Waals surface area contributed by atoms with E-state index in [4.69, 9.17) is 21.2 Å². The van der Waals surface area contributed by atoms with Crippen LogP contribution in [0.5, 0.6) is 0 Å². The second-order valence-corrected chi connectivity index (χ2v) is 9.12. The summed E-state index contributed by atoms with van der Waals surface area (Å²) in [6.45, 7) is 4.82. The standard InChI is InChI=1S/C28H34N6/c1-3-4-5-9-16-32-19-23(18-29)22-12-13-25-24(17-22)26(21-10-7-6-8-11-21)33-28(14-15-28)27(31)34(25)20(2)30/h6-8,10-13,17-19,29-32H,3-5,9,14-16H2,1-2H3/b23-19+,29-18?,30-20?,31-27?. The van der Waals surface area contributed by atoms with Crippen molar-refractivity contribution in [3.63, 3.8) is 0 Å². The molecule has 4 rings (SSSR count). The summed E-state index contributed by atoms with van der Waals surface area (Å²) in [5.41, 5.74) is 4.68.